The van der Waals surface area contributed by atoms with Crippen molar-refractivity contribution in [3.63, 3.8) is 0 Å². The molecule has 1 atom stereocenters. The second-order valence-electron chi connectivity index (χ2n) is 7.93. The number of carboxylic acid groups (broad SMARTS) is 1. The lowest BCUT2D eigenvalue weighted by molar-refractivity contribution is -0.138. The van der Waals surface area contributed by atoms with Crippen LogP contribution in [0.5, 0.6) is 0 Å². The topological polar surface area (TPSA) is 123 Å². The highest BCUT2D eigenvalue weighted by atomic mass is 16.4. The number of aryl methyl sites for hydroxylation is 1. The third-order valence-corrected chi connectivity index (χ3v) is 5.60. The van der Waals surface area contributed by atoms with Gasteiger partial charge in [-0.2, -0.15) is 0 Å². The molecule has 8 heteroatoms. The number of H-pyrrole nitrogens is 1. The molecule has 1 aliphatic heterocycles. The lowest BCUT2D eigenvalue weighted by Crippen LogP contribution is -2.43. The summed E-state index contributed by atoms with van der Waals surface area (Å²) < 4.78 is 0. The quantitative estimate of drug-likeness (QED) is 0.404. The van der Waals surface area contributed by atoms with Crippen LogP contribution in [-0.2, 0) is 20.8 Å². The van der Waals surface area contributed by atoms with E-state index in [0.29, 0.717) is 25.2 Å². The van der Waals surface area contributed by atoms with Gasteiger partial charge in [0.05, 0.1) is 13.0 Å². The van der Waals surface area contributed by atoms with Gasteiger partial charge in [-0.25, -0.2) is 0 Å². The molecular weight excluding hydrogens is 384 g/mol. The number of fused-ring (bicyclic) bond motifs is 1. The molecule has 0 radical (unpaired) electrons. The molecule has 0 bridgehead atoms. The average Bonchev–Trinajstić information content (AvgIpc) is 3.14. The number of para-hydroxylation sites is 1. The Morgan fingerprint density at radius 2 is 1.90 bits per heavy atom. The van der Waals surface area contributed by atoms with Crippen molar-refractivity contribution in [3.8, 4) is 0 Å². The first-order chi connectivity index (χ1) is 14.5. The van der Waals surface area contributed by atoms with Crippen LogP contribution in [0.3, 0.4) is 0 Å². The molecule has 1 aromatic heterocycles. The number of piperidine rings is 1. The highest BCUT2D eigenvalue weighted by molar-refractivity contribution is 5.85. The molecule has 1 saturated heterocycles. The largest absolute Gasteiger partial charge is 0.481 e. The van der Waals surface area contributed by atoms with Crippen LogP contribution >= 0.6 is 0 Å². The van der Waals surface area contributed by atoms with Gasteiger partial charge >= 0.3 is 5.97 Å². The molecular formula is C22H30N4O4. The van der Waals surface area contributed by atoms with Gasteiger partial charge in [0.1, 0.15) is 0 Å². The van der Waals surface area contributed by atoms with E-state index in [-0.39, 0.29) is 24.8 Å². The number of aromatic nitrogens is 1. The van der Waals surface area contributed by atoms with Crippen molar-refractivity contribution in [1.82, 2.24) is 20.9 Å². The number of hydrogen-bond donors (Lipinski definition) is 5. The van der Waals surface area contributed by atoms with Crippen molar-refractivity contribution >= 4 is 28.7 Å². The summed E-state index contributed by atoms with van der Waals surface area (Å²) in [4.78, 5) is 38.8. The molecule has 0 unspecified atom stereocenters. The van der Waals surface area contributed by atoms with Crippen LogP contribution < -0.4 is 16.0 Å². The Morgan fingerprint density at radius 3 is 2.67 bits per heavy atom. The Hall–Kier alpha value is -2.87. The maximum Gasteiger partial charge on any atom is 0.305 e. The van der Waals surface area contributed by atoms with Gasteiger partial charge in [0.25, 0.3) is 0 Å². The number of rotatable bonds is 10. The van der Waals surface area contributed by atoms with Crippen LogP contribution in [0.4, 0.5) is 0 Å². The van der Waals surface area contributed by atoms with Gasteiger partial charge in [-0.1, -0.05) is 18.2 Å². The maximum atomic E-state index is 12.3. The number of hydrogen-bond acceptors (Lipinski definition) is 4. The van der Waals surface area contributed by atoms with E-state index in [1.54, 1.807) is 0 Å². The van der Waals surface area contributed by atoms with Crippen molar-refractivity contribution in [2.24, 2.45) is 5.92 Å². The van der Waals surface area contributed by atoms with E-state index in [4.69, 9.17) is 0 Å². The van der Waals surface area contributed by atoms with E-state index in [9.17, 15) is 19.5 Å². The van der Waals surface area contributed by atoms with Gasteiger partial charge < -0.3 is 26.0 Å². The van der Waals surface area contributed by atoms with Gasteiger partial charge in [0, 0.05) is 29.6 Å². The fraction of sp³-hybridized carbons (Fsp3) is 0.500. The zero-order chi connectivity index (χ0) is 21.3. The Bertz CT molecular complexity index is 873. The van der Waals surface area contributed by atoms with E-state index in [0.717, 1.165) is 42.4 Å². The predicted molar refractivity (Wildman–Crippen MR) is 114 cm³/mol. The standard InChI is InChI=1S/C22H30N4O4/c27-20(11-15-7-9-23-10-8-15)25-14-21(28)26-17(12-22(29)30)6-5-16-13-24-19-4-2-1-3-18(16)19/h1-4,13,15,17,23-24H,5-12,14H2,(H,25,27)(H,26,28)(H,29,30)/t17-/m1/s1. The van der Waals surface area contributed by atoms with Crippen LogP contribution in [-0.4, -0.2) is 53.6 Å². The molecule has 0 spiro atoms. The van der Waals surface area contributed by atoms with Crippen LogP contribution in [0.25, 0.3) is 10.9 Å². The number of carbonyl (C=O) groups is 3. The first-order valence-electron chi connectivity index (χ1n) is 10.5. The highest BCUT2D eigenvalue weighted by Crippen LogP contribution is 2.20. The first kappa shape index (κ1) is 21.8. The van der Waals surface area contributed by atoms with Gasteiger partial charge in [0.2, 0.25) is 11.8 Å². The van der Waals surface area contributed by atoms with Gasteiger partial charge in [0.15, 0.2) is 0 Å². The van der Waals surface area contributed by atoms with Gasteiger partial charge in [-0.3, -0.25) is 14.4 Å². The third kappa shape index (κ3) is 6.59. The number of carboxylic acids is 1. The fourth-order valence-corrected chi connectivity index (χ4v) is 3.98. The van der Waals surface area contributed by atoms with E-state index >= 15 is 0 Å². The molecule has 3 rings (SSSR count). The van der Waals surface area contributed by atoms with Crippen molar-refractivity contribution in [2.45, 2.75) is 44.6 Å². The molecule has 2 aromatic rings. The molecule has 2 heterocycles. The molecule has 30 heavy (non-hydrogen) atoms. The molecule has 2 amide bonds. The zero-order valence-electron chi connectivity index (χ0n) is 17.1. The van der Waals surface area contributed by atoms with Crippen molar-refractivity contribution < 1.29 is 19.5 Å². The highest BCUT2D eigenvalue weighted by Gasteiger charge is 2.19. The molecule has 0 aliphatic carbocycles. The second-order valence-corrected chi connectivity index (χ2v) is 7.93. The first-order valence-corrected chi connectivity index (χ1v) is 10.5. The molecule has 1 fully saturated rings. The number of carbonyl (C=O) groups excluding carboxylic acids is 2. The van der Waals surface area contributed by atoms with E-state index in [1.165, 1.54) is 0 Å². The minimum absolute atomic E-state index is 0.132. The number of aliphatic carboxylic acids is 1. The summed E-state index contributed by atoms with van der Waals surface area (Å²) in [6.45, 7) is 1.71. The monoisotopic (exact) mass is 414 g/mol. The Morgan fingerprint density at radius 1 is 1.13 bits per heavy atom. The summed E-state index contributed by atoms with van der Waals surface area (Å²) in [7, 11) is 0. The molecule has 1 aromatic carbocycles. The van der Waals surface area contributed by atoms with E-state index < -0.39 is 12.0 Å². The molecule has 1 aliphatic rings. The number of benzene rings is 1. The summed E-state index contributed by atoms with van der Waals surface area (Å²) >= 11 is 0. The van der Waals surface area contributed by atoms with Crippen LogP contribution in [0.2, 0.25) is 0 Å². The summed E-state index contributed by atoms with van der Waals surface area (Å²) in [5.74, 6) is -1.11. The van der Waals surface area contributed by atoms with Crippen LogP contribution in [0.1, 0.15) is 37.7 Å². The summed E-state index contributed by atoms with van der Waals surface area (Å²) in [5.41, 5.74) is 2.12. The van der Waals surface area contributed by atoms with Crippen molar-refractivity contribution in [1.29, 1.82) is 0 Å². The maximum absolute atomic E-state index is 12.3. The normalized spacial score (nSPS) is 15.6. The predicted octanol–water partition coefficient (Wildman–Crippen LogP) is 1.57. The molecule has 5 N–H and O–H groups in total. The molecule has 162 valence electrons. The van der Waals surface area contributed by atoms with Crippen LogP contribution in [0, 0.1) is 5.92 Å². The minimum atomic E-state index is -0.964. The Labute approximate surface area is 175 Å². The number of amides is 2. The van der Waals surface area contributed by atoms with Gasteiger partial charge in [-0.15, -0.1) is 0 Å². The fourth-order valence-electron chi connectivity index (χ4n) is 3.98. The number of nitrogens with one attached hydrogen (secondary N) is 4. The van der Waals surface area contributed by atoms with Crippen molar-refractivity contribution in [3.05, 3.63) is 36.0 Å². The van der Waals surface area contributed by atoms with E-state index in [2.05, 4.69) is 20.9 Å². The third-order valence-electron chi connectivity index (χ3n) is 5.60. The molecule has 8 nitrogen and oxygen atoms in total. The Kier molecular flexibility index (Phi) is 7.84. The average molecular weight is 415 g/mol. The van der Waals surface area contributed by atoms with Crippen molar-refractivity contribution in [2.75, 3.05) is 19.6 Å². The lowest BCUT2D eigenvalue weighted by atomic mass is 9.94. The van der Waals surface area contributed by atoms with Gasteiger partial charge in [-0.05, 0) is 56.3 Å². The lowest BCUT2D eigenvalue weighted by Gasteiger charge is -2.22. The molecule has 0 saturated carbocycles. The SMILES string of the molecule is O=C(O)C[C@@H](CCc1c[nH]c2ccccc12)NC(=O)CNC(=O)CC1CCNCC1. The summed E-state index contributed by atoms with van der Waals surface area (Å²) in [6.07, 6.45) is 5.27. The summed E-state index contributed by atoms with van der Waals surface area (Å²) in [6, 6.07) is 7.43. The number of aromatic amines is 1. The van der Waals surface area contributed by atoms with E-state index in [1.807, 2.05) is 30.5 Å². The summed E-state index contributed by atoms with van der Waals surface area (Å²) in [5, 5.41) is 19.0. The zero-order valence-corrected chi connectivity index (χ0v) is 17.1. The smallest absolute Gasteiger partial charge is 0.305 e. The second kappa shape index (κ2) is 10.8. The Balaban J connectivity index is 1.46. The minimum Gasteiger partial charge on any atom is -0.481 e. The van der Waals surface area contributed by atoms with Crippen LogP contribution in [0.15, 0.2) is 30.5 Å².